The fourth-order valence-corrected chi connectivity index (χ4v) is 1.98. The summed E-state index contributed by atoms with van der Waals surface area (Å²) in [5.41, 5.74) is 0.458. The molecule has 0 aliphatic carbocycles. The molecule has 2 rings (SSSR count). The number of rotatable bonds is 3. The van der Waals surface area contributed by atoms with Gasteiger partial charge in [0.15, 0.2) is 0 Å². The number of benzene rings is 1. The van der Waals surface area contributed by atoms with Crippen molar-refractivity contribution in [1.29, 1.82) is 0 Å². The molecule has 6 heteroatoms. The zero-order chi connectivity index (χ0) is 14.8. The molecule has 1 heterocycles. The molecule has 0 amide bonds. The van der Waals surface area contributed by atoms with E-state index in [1.807, 2.05) is 19.1 Å². The van der Waals surface area contributed by atoms with Gasteiger partial charge in [0.25, 0.3) is 0 Å². The first-order valence-electron chi connectivity index (χ1n) is 5.92. The summed E-state index contributed by atoms with van der Waals surface area (Å²) in [5, 5.41) is 3.07. The summed E-state index contributed by atoms with van der Waals surface area (Å²) in [6.07, 6.45) is -2.74. The van der Waals surface area contributed by atoms with E-state index in [4.69, 9.17) is 11.6 Å². The Morgan fingerprint density at radius 1 is 1.20 bits per heavy atom. The summed E-state index contributed by atoms with van der Waals surface area (Å²) in [7, 11) is 0. The summed E-state index contributed by atoms with van der Waals surface area (Å²) in [6, 6.07) is 8.54. The first-order chi connectivity index (χ1) is 9.38. The van der Waals surface area contributed by atoms with Gasteiger partial charge >= 0.3 is 6.18 Å². The zero-order valence-corrected chi connectivity index (χ0v) is 11.3. The minimum atomic E-state index is -4.39. The van der Waals surface area contributed by atoms with Gasteiger partial charge in [-0.15, -0.1) is 0 Å². The molecule has 0 spiro atoms. The number of alkyl halides is 3. The predicted molar refractivity (Wildman–Crippen MR) is 72.7 cm³/mol. The Morgan fingerprint density at radius 2 is 1.95 bits per heavy atom. The lowest BCUT2D eigenvalue weighted by Gasteiger charge is -2.17. The summed E-state index contributed by atoms with van der Waals surface area (Å²) in [6.45, 7) is 1.86. The van der Waals surface area contributed by atoms with Gasteiger partial charge in [-0.3, -0.25) is 4.98 Å². The fraction of sp³-hybridized carbons (Fsp3) is 0.214. The molecule has 2 aromatic rings. The number of anilines is 1. The second-order valence-electron chi connectivity index (χ2n) is 4.31. The van der Waals surface area contributed by atoms with Gasteiger partial charge < -0.3 is 5.32 Å². The molecule has 1 aromatic carbocycles. The highest BCUT2D eigenvalue weighted by Crippen LogP contribution is 2.34. The van der Waals surface area contributed by atoms with Crippen molar-refractivity contribution in [3.63, 3.8) is 0 Å². The largest absolute Gasteiger partial charge is 0.416 e. The average molecular weight is 301 g/mol. The van der Waals surface area contributed by atoms with E-state index in [1.165, 1.54) is 6.07 Å². The predicted octanol–water partition coefficient (Wildman–Crippen LogP) is 4.93. The van der Waals surface area contributed by atoms with E-state index in [0.29, 0.717) is 5.69 Å². The van der Waals surface area contributed by atoms with Gasteiger partial charge in [0.1, 0.15) is 0 Å². The highest BCUT2D eigenvalue weighted by Gasteiger charge is 2.30. The SMILES string of the molecule is CC(Nc1ccc(C(F)(F)F)cc1Cl)c1ccccn1. The molecule has 106 valence electrons. The van der Waals surface area contributed by atoms with Crippen molar-refractivity contribution in [3.8, 4) is 0 Å². The smallest absolute Gasteiger partial charge is 0.376 e. The molecule has 0 aliphatic rings. The Morgan fingerprint density at radius 3 is 2.50 bits per heavy atom. The van der Waals surface area contributed by atoms with Crippen LogP contribution in [0.1, 0.15) is 24.2 Å². The highest BCUT2D eigenvalue weighted by atomic mass is 35.5. The lowest BCUT2D eigenvalue weighted by atomic mass is 10.1. The third-order valence-corrected chi connectivity index (χ3v) is 3.11. The molecule has 20 heavy (non-hydrogen) atoms. The van der Waals surface area contributed by atoms with Gasteiger partial charge in [-0.05, 0) is 37.3 Å². The van der Waals surface area contributed by atoms with Crippen LogP contribution in [0.4, 0.5) is 18.9 Å². The number of pyridine rings is 1. The van der Waals surface area contributed by atoms with E-state index in [0.717, 1.165) is 17.8 Å². The molecule has 1 N–H and O–H groups in total. The number of hydrogen-bond donors (Lipinski definition) is 1. The van der Waals surface area contributed by atoms with Gasteiger partial charge in [-0.25, -0.2) is 0 Å². The lowest BCUT2D eigenvalue weighted by molar-refractivity contribution is -0.137. The van der Waals surface area contributed by atoms with Gasteiger partial charge in [0.2, 0.25) is 0 Å². The number of nitrogens with zero attached hydrogens (tertiary/aromatic N) is 1. The van der Waals surface area contributed by atoms with Crippen LogP contribution in [0, 0.1) is 0 Å². The van der Waals surface area contributed by atoms with Gasteiger partial charge in [0, 0.05) is 6.20 Å². The quantitative estimate of drug-likeness (QED) is 0.869. The molecule has 2 nitrogen and oxygen atoms in total. The number of hydrogen-bond acceptors (Lipinski definition) is 2. The van der Waals surface area contributed by atoms with Crippen molar-refractivity contribution in [3.05, 3.63) is 58.9 Å². The molecular weight excluding hydrogens is 289 g/mol. The monoisotopic (exact) mass is 300 g/mol. The Kier molecular flexibility index (Phi) is 4.18. The van der Waals surface area contributed by atoms with Crippen molar-refractivity contribution < 1.29 is 13.2 Å². The third-order valence-electron chi connectivity index (χ3n) is 2.80. The Hall–Kier alpha value is -1.75. The second-order valence-corrected chi connectivity index (χ2v) is 4.72. The van der Waals surface area contributed by atoms with E-state index < -0.39 is 11.7 Å². The maximum Gasteiger partial charge on any atom is 0.416 e. The highest BCUT2D eigenvalue weighted by molar-refractivity contribution is 6.33. The summed E-state index contributed by atoms with van der Waals surface area (Å²) < 4.78 is 37.6. The molecule has 1 atom stereocenters. The lowest BCUT2D eigenvalue weighted by Crippen LogP contribution is -2.10. The third kappa shape index (κ3) is 3.42. The van der Waals surface area contributed by atoms with Crippen LogP contribution in [0.3, 0.4) is 0 Å². The Labute approximate surface area is 119 Å². The van der Waals surface area contributed by atoms with Crippen molar-refractivity contribution in [2.24, 2.45) is 0 Å². The summed E-state index contributed by atoms with van der Waals surface area (Å²) in [4.78, 5) is 4.18. The molecule has 0 fully saturated rings. The van der Waals surface area contributed by atoms with E-state index >= 15 is 0 Å². The molecule has 0 aliphatic heterocycles. The number of aromatic nitrogens is 1. The topological polar surface area (TPSA) is 24.9 Å². The maximum absolute atomic E-state index is 12.5. The first kappa shape index (κ1) is 14.7. The molecule has 0 radical (unpaired) electrons. The molecule has 0 saturated carbocycles. The minimum Gasteiger partial charge on any atom is -0.376 e. The zero-order valence-electron chi connectivity index (χ0n) is 10.6. The van der Waals surface area contributed by atoms with Crippen LogP contribution in [-0.4, -0.2) is 4.98 Å². The minimum absolute atomic E-state index is 0.0302. The van der Waals surface area contributed by atoms with Crippen molar-refractivity contribution in [2.45, 2.75) is 19.1 Å². The number of nitrogens with one attached hydrogen (secondary N) is 1. The molecule has 1 unspecified atom stereocenters. The van der Waals surface area contributed by atoms with Gasteiger partial charge in [0.05, 0.1) is 28.0 Å². The van der Waals surface area contributed by atoms with Crippen LogP contribution < -0.4 is 5.32 Å². The number of halogens is 4. The Bertz CT molecular complexity index is 585. The molecule has 0 bridgehead atoms. The summed E-state index contributed by atoms with van der Waals surface area (Å²) in [5.74, 6) is 0. The summed E-state index contributed by atoms with van der Waals surface area (Å²) >= 11 is 5.88. The fourth-order valence-electron chi connectivity index (χ4n) is 1.75. The van der Waals surface area contributed by atoms with E-state index in [1.54, 1.807) is 12.3 Å². The molecule has 0 saturated heterocycles. The van der Waals surface area contributed by atoms with Crippen LogP contribution >= 0.6 is 11.6 Å². The van der Waals surface area contributed by atoms with Gasteiger partial charge in [-0.2, -0.15) is 13.2 Å². The van der Waals surface area contributed by atoms with Crippen LogP contribution in [0.2, 0.25) is 5.02 Å². The Balaban J connectivity index is 2.18. The molecule has 1 aromatic heterocycles. The van der Waals surface area contributed by atoms with Gasteiger partial charge in [-0.1, -0.05) is 17.7 Å². The average Bonchev–Trinajstić information content (AvgIpc) is 2.41. The van der Waals surface area contributed by atoms with Crippen molar-refractivity contribution in [1.82, 2.24) is 4.98 Å². The van der Waals surface area contributed by atoms with Crippen LogP contribution in [-0.2, 0) is 6.18 Å². The van der Waals surface area contributed by atoms with E-state index in [9.17, 15) is 13.2 Å². The van der Waals surface area contributed by atoms with Crippen LogP contribution in [0.5, 0.6) is 0 Å². The second kappa shape index (κ2) is 5.71. The van der Waals surface area contributed by atoms with E-state index in [-0.39, 0.29) is 11.1 Å². The maximum atomic E-state index is 12.5. The van der Waals surface area contributed by atoms with Crippen LogP contribution in [0.25, 0.3) is 0 Å². The van der Waals surface area contributed by atoms with E-state index in [2.05, 4.69) is 10.3 Å². The van der Waals surface area contributed by atoms with Crippen LogP contribution in [0.15, 0.2) is 42.6 Å². The molecular formula is C14H12ClF3N2. The standard InChI is InChI=1S/C14H12ClF3N2/c1-9(12-4-2-3-7-19-12)20-13-6-5-10(8-11(13)15)14(16,17)18/h2-9,20H,1H3. The first-order valence-corrected chi connectivity index (χ1v) is 6.30. The van der Waals surface area contributed by atoms with Crippen molar-refractivity contribution >= 4 is 17.3 Å². The normalized spacial score (nSPS) is 13.1. The van der Waals surface area contributed by atoms with Crippen molar-refractivity contribution in [2.75, 3.05) is 5.32 Å².